The SMILES string of the molecule is COC(=O)c1ccc(CN2C(=O)NC(=Cc3cccc([N+](=O)[O-])c3OCC(=O)O)C2=O)o1. The van der Waals surface area contributed by atoms with E-state index in [-0.39, 0.29) is 35.1 Å². The number of carbonyl (C=O) groups is 4. The molecule has 1 aliphatic heterocycles. The third kappa shape index (κ3) is 4.56. The fourth-order valence-corrected chi connectivity index (χ4v) is 2.79. The van der Waals surface area contributed by atoms with Gasteiger partial charge in [0.15, 0.2) is 6.61 Å². The van der Waals surface area contributed by atoms with Crippen LogP contribution in [0.15, 0.2) is 40.4 Å². The Balaban J connectivity index is 1.88. The van der Waals surface area contributed by atoms with Crippen molar-refractivity contribution in [3.63, 3.8) is 0 Å². The van der Waals surface area contributed by atoms with E-state index in [9.17, 15) is 29.3 Å². The summed E-state index contributed by atoms with van der Waals surface area (Å²) in [6.45, 7) is -1.15. The first-order valence-electron chi connectivity index (χ1n) is 8.84. The molecule has 0 radical (unpaired) electrons. The number of carboxylic acid groups (broad SMARTS) is 1. The summed E-state index contributed by atoms with van der Waals surface area (Å²) < 4.78 is 14.8. The highest BCUT2D eigenvalue weighted by atomic mass is 16.6. The second-order valence-electron chi connectivity index (χ2n) is 6.27. The second-order valence-corrected chi connectivity index (χ2v) is 6.27. The number of ether oxygens (including phenoxy) is 2. The number of benzene rings is 1. The van der Waals surface area contributed by atoms with Crippen LogP contribution in [0.1, 0.15) is 21.9 Å². The van der Waals surface area contributed by atoms with Crippen molar-refractivity contribution in [3.05, 3.63) is 63.2 Å². The highest BCUT2D eigenvalue weighted by Gasteiger charge is 2.35. The smallest absolute Gasteiger partial charge is 0.373 e. The van der Waals surface area contributed by atoms with Crippen LogP contribution in [0.2, 0.25) is 0 Å². The van der Waals surface area contributed by atoms with Crippen LogP contribution < -0.4 is 10.1 Å². The number of hydrogen-bond donors (Lipinski definition) is 2. The van der Waals surface area contributed by atoms with Gasteiger partial charge in [-0.3, -0.25) is 19.8 Å². The number of amides is 3. The number of imide groups is 1. The number of methoxy groups -OCH3 is 1. The van der Waals surface area contributed by atoms with Crippen LogP contribution in [-0.2, 0) is 20.9 Å². The molecule has 2 N–H and O–H groups in total. The Morgan fingerprint density at radius 3 is 2.69 bits per heavy atom. The number of nitro benzene ring substituents is 1. The highest BCUT2D eigenvalue weighted by molar-refractivity contribution is 6.14. The maximum Gasteiger partial charge on any atom is 0.373 e. The van der Waals surface area contributed by atoms with E-state index < -0.39 is 41.1 Å². The molecule has 0 aliphatic carbocycles. The van der Waals surface area contributed by atoms with Gasteiger partial charge >= 0.3 is 23.7 Å². The zero-order valence-corrected chi connectivity index (χ0v) is 16.4. The first-order valence-corrected chi connectivity index (χ1v) is 8.84. The molecule has 2 aromatic rings. The fourth-order valence-electron chi connectivity index (χ4n) is 2.79. The maximum atomic E-state index is 12.7. The average Bonchev–Trinajstić information content (AvgIpc) is 3.32. The third-order valence-corrected chi connectivity index (χ3v) is 4.19. The number of urea groups is 1. The van der Waals surface area contributed by atoms with Gasteiger partial charge in [-0.25, -0.2) is 14.4 Å². The minimum absolute atomic E-state index is 0.0110. The van der Waals surface area contributed by atoms with Gasteiger partial charge in [-0.2, -0.15) is 0 Å². The Bertz CT molecular complexity index is 1150. The van der Waals surface area contributed by atoms with E-state index in [1.807, 2.05) is 0 Å². The molecular formula is C19H15N3O10. The van der Waals surface area contributed by atoms with Crippen molar-refractivity contribution in [3.8, 4) is 5.75 Å². The molecule has 1 aromatic heterocycles. The van der Waals surface area contributed by atoms with Crippen LogP contribution in [-0.4, -0.2) is 52.5 Å². The predicted octanol–water partition coefficient (Wildman–Crippen LogP) is 1.53. The van der Waals surface area contributed by atoms with Crippen molar-refractivity contribution in [2.24, 2.45) is 0 Å². The van der Waals surface area contributed by atoms with Crippen molar-refractivity contribution in [1.82, 2.24) is 10.2 Å². The number of aliphatic carboxylic acids is 1. The zero-order valence-electron chi connectivity index (χ0n) is 16.4. The van der Waals surface area contributed by atoms with E-state index >= 15 is 0 Å². The first kappa shape index (κ1) is 22.0. The van der Waals surface area contributed by atoms with Crippen LogP contribution in [0.25, 0.3) is 6.08 Å². The number of nitrogens with zero attached hydrogens (tertiary/aromatic N) is 2. The maximum absolute atomic E-state index is 12.7. The number of carbonyl (C=O) groups excluding carboxylic acids is 3. The number of nitrogens with one attached hydrogen (secondary N) is 1. The molecule has 0 unspecified atom stereocenters. The van der Waals surface area contributed by atoms with Crippen molar-refractivity contribution >= 4 is 35.6 Å². The number of nitro groups is 1. The Kier molecular flexibility index (Phi) is 6.19. The van der Waals surface area contributed by atoms with Crippen molar-refractivity contribution < 1.29 is 43.1 Å². The summed E-state index contributed by atoms with van der Waals surface area (Å²) in [4.78, 5) is 58.5. The summed E-state index contributed by atoms with van der Waals surface area (Å²) in [6, 6.07) is 5.70. The van der Waals surface area contributed by atoms with E-state index in [4.69, 9.17) is 14.3 Å². The summed E-state index contributed by atoms with van der Waals surface area (Å²) >= 11 is 0. The van der Waals surface area contributed by atoms with Gasteiger partial charge in [-0.05, 0) is 18.2 Å². The minimum atomic E-state index is -1.36. The van der Waals surface area contributed by atoms with Crippen LogP contribution in [0, 0.1) is 10.1 Å². The third-order valence-electron chi connectivity index (χ3n) is 4.19. The first-order chi connectivity index (χ1) is 15.2. The molecule has 0 saturated carbocycles. The van der Waals surface area contributed by atoms with Gasteiger partial charge in [0.1, 0.15) is 11.5 Å². The van der Waals surface area contributed by atoms with E-state index in [1.165, 1.54) is 31.4 Å². The minimum Gasteiger partial charge on any atom is -0.479 e. The van der Waals surface area contributed by atoms with Crippen molar-refractivity contribution in [2.75, 3.05) is 13.7 Å². The predicted molar refractivity (Wildman–Crippen MR) is 103 cm³/mol. The Morgan fingerprint density at radius 2 is 2.03 bits per heavy atom. The molecule has 1 saturated heterocycles. The van der Waals surface area contributed by atoms with Crippen LogP contribution >= 0.6 is 0 Å². The largest absolute Gasteiger partial charge is 0.479 e. The molecule has 0 atom stereocenters. The quantitative estimate of drug-likeness (QED) is 0.199. The topological polar surface area (TPSA) is 179 Å². The number of furan rings is 1. The van der Waals surface area contributed by atoms with Crippen LogP contribution in [0.3, 0.4) is 0 Å². The molecule has 13 nitrogen and oxygen atoms in total. The standard InChI is InChI=1S/C19H15N3O10/c1-30-18(26)14-6-5-11(32-14)8-21-17(25)12(20-19(21)27)7-10-3-2-4-13(22(28)29)16(10)31-9-15(23)24/h2-7H,8-9H2,1H3,(H,20,27)(H,23,24). The molecule has 166 valence electrons. The molecule has 3 rings (SSSR count). The van der Waals surface area contributed by atoms with E-state index in [1.54, 1.807) is 0 Å². The van der Waals surface area contributed by atoms with E-state index in [2.05, 4.69) is 10.1 Å². The fraction of sp³-hybridized carbons (Fsp3) is 0.158. The zero-order chi connectivity index (χ0) is 23.4. The van der Waals surface area contributed by atoms with Crippen molar-refractivity contribution in [1.29, 1.82) is 0 Å². The van der Waals surface area contributed by atoms with Crippen LogP contribution in [0.5, 0.6) is 5.75 Å². The van der Waals surface area contributed by atoms with Crippen molar-refractivity contribution in [2.45, 2.75) is 6.54 Å². The number of para-hydroxylation sites is 1. The normalized spacial score (nSPS) is 14.4. The second kappa shape index (κ2) is 8.99. The van der Waals surface area contributed by atoms with Gasteiger partial charge < -0.3 is 24.3 Å². The average molecular weight is 445 g/mol. The summed E-state index contributed by atoms with van der Waals surface area (Å²) in [5.74, 6) is -3.21. The Morgan fingerprint density at radius 1 is 1.28 bits per heavy atom. The lowest BCUT2D eigenvalue weighted by Gasteiger charge is -2.09. The summed E-state index contributed by atoms with van der Waals surface area (Å²) in [5, 5.41) is 22.4. The van der Waals surface area contributed by atoms with Gasteiger partial charge in [0.25, 0.3) is 5.91 Å². The molecule has 1 aromatic carbocycles. The molecule has 32 heavy (non-hydrogen) atoms. The number of esters is 1. The summed E-state index contributed by atoms with van der Waals surface area (Å²) in [6.07, 6.45) is 1.13. The molecule has 1 aliphatic rings. The Hall–Kier alpha value is -4.68. The lowest BCUT2D eigenvalue weighted by atomic mass is 10.1. The van der Waals surface area contributed by atoms with E-state index in [0.29, 0.717) is 0 Å². The number of carboxylic acids is 1. The molecule has 3 amide bonds. The number of rotatable bonds is 8. The summed E-state index contributed by atoms with van der Waals surface area (Å²) in [7, 11) is 1.17. The van der Waals surface area contributed by atoms with Gasteiger partial charge in [0.2, 0.25) is 11.5 Å². The van der Waals surface area contributed by atoms with Gasteiger partial charge in [0.05, 0.1) is 18.6 Å². The molecule has 2 heterocycles. The van der Waals surface area contributed by atoms with Gasteiger partial charge in [0, 0.05) is 11.6 Å². The lowest BCUT2D eigenvalue weighted by molar-refractivity contribution is -0.385. The highest BCUT2D eigenvalue weighted by Crippen LogP contribution is 2.33. The molecule has 13 heteroatoms. The van der Waals surface area contributed by atoms with Gasteiger partial charge in [-0.1, -0.05) is 12.1 Å². The van der Waals surface area contributed by atoms with E-state index in [0.717, 1.165) is 17.0 Å². The molecule has 1 fully saturated rings. The lowest BCUT2D eigenvalue weighted by Crippen LogP contribution is -2.30. The molecular weight excluding hydrogens is 430 g/mol. The monoisotopic (exact) mass is 445 g/mol. The van der Waals surface area contributed by atoms with Gasteiger partial charge in [-0.15, -0.1) is 0 Å². The number of hydrogen-bond acceptors (Lipinski definition) is 9. The van der Waals surface area contributed by atoms with Crippen LogP contribution in [0.4, 0.5) is 10.5 Å². The molecule has 0 spiro atoms. The molecule has 0 bridgehead atoms. The Labute approximate surface area is 179 Å². The summed E-state index contributed by atoms with van der Waals surface area (Å²) in [5.41, 5.74) is -0.729.